The fourth-order valence-electron chi connectivity index (χ4n) is 3.17. The predicted octanol–water partition coefficient (Wildman–Crippen LogP) is 1.70. The van der Waals surface area contributed by atoms with E-state index in [4.69, 9.17) is 4.74 Å². The normalized spacial score (nSPS) is 24.9. The molecule has 1 saturated heterocycles. The number of hydrogen-bond acceptors (Lipinski definition) is 3. The summed E-state index contributed by atoms with van der Waals surface area (Å²) in [6.45, 7) is 0.868. The topological polar surface area (TPSA) is 66.8 Å². The number of benzene rings is 1. The van der Waals surface area contributed by atoms with Crippen LogP contribution in [0.5, 0.6) is 5.75 Å². The van der Waals surface area contributed by atoms with Gasteiger partial charge in [0.25, 0.3) is 0 Å². The first-order valence-corrected chi connectivity index (χ1v) is 7.41. The Morgan fingerprint density at radius 1 is 1.24 bits per heavy atom. The highest BCUT2D eigenvalue weighted by Crippen LogP contribution is 2.29. The van der Waals surface area contributed by atoms with E-state index < -0.39 is 12.0 Å². The maximum atomic E-state index is 12.7. The van der Waals surface area contributed by atoms with E-state index in [2.05, 4.69) is 0 Å². The van der Waals surface area contributed by atoms with Crippen molar-refractivity contribution in [2.45, 2.75) is 31.7 Å². The number of para-hydroxylation sites is 1. The molecule has 1 aromatic carbocycles. The molecule has 1 aromatic rings. The lowest BCUT2D eigenvalue weighted by atomic mass is 9.93. The largest absolute Gasteiger partial charge is 0.492 e. The van der Waals surface area contributed by atoms with Crippen LogP contribution in [0.4, 0.5) is 0 Å². The number of amides is 1. The molecule has 2 atom stereocenters. The molecule has 0 aliphatic carbocycles. The molecule has 1 unspecified atom stereocenters. The highest BCUT2D eigenvalue weighted by molar-refractivity contribution is 5.85. The van der Waals surface area contributed by atoms with Gasteiger partial charge in [0.1, 0.15) is 18.4 Å². The van der Waals surface area contributed by atoms with Gasteiger partial charge in [-0.25, -0.2) is 4.79 Å². The first-order chi connectivity index (χ1) is 10.2. The van der Waals surface area contributed by atoms with E-state index in [1.807, 2.05) is 24.3 Å². The summed E-state index contributed by atoms with van der Waals surface area (Å²) in [5.74, 6) is -0.438. The Balaban J connectivity index is 1.75. The summed E-state index contributed by atoms with van der Waals surface area (Å²) in [6, 6.07) is 7.02. The molecule has 1 amide bonds. The van der Waals surface area contributed by atoms with E-state index in [1.54, 1.807) is 0 Å². The number of carboxylic acids is 1. The van der Waals surface area contributed by atoms with Crippen LogP contribution in [0, 0.1) is 5.92 Å². The summed E-state index contributed by atoms with van der Waals surface area (Å²) in [4.78, 5) is 25.5. The molecule has 0 bridgehead atoms. The molecule has 1 N–H and O–H groups in total. The van der Waals surface area contributed by atoms with E-state index in [9.17, 15) is 14.7 Å². The van der Waals surface area contributed by atoms with E-state index in [0.717, 1.165) is 24.2 Å². The number of piperidine rings is 1. The van der Waals surface area contributed by atoms with Crippen molar-refractivity contribution in [3.8, 4) is 5.75 Å². The quantitative estimate of drug-likeness (QED) is 0.900. The summed E-state index contributed by atoms with van der Waals surface area (Å²) in [7, 11) is 0. The third-order valence-corrected chi connectivity index (χ3v) is 4.30. The van der Waals surface area contributed by atoms with Crippen LogP contribution in [0.3, 0.4) is 0 Å². The third kappa shape index (κ3) is 2.73. The van der Waals surface area contributed by atoms with Crippen LogP contribution in [0.25, 0.3) is 0 Å². The highest BCUT2D eigenvalue weighted by Gasteiger charge is 2.37. The van der Waals surface area contributed by atoms with Gasteiger partial charge < -0.3 is 14.7 Å². The van der Waals surface area contributed by atoms with Crippen molar-refractivity contribution < 1.29 is 19.4 Å². The highest BCUT2D eigenvalue weighted by atomic mass is 16.5. The van der Waals surface area contributed by atoms with E-state index in [0.29, 0.717) is 26.0 Å². The van der Waals surface area contributed by atoms with Crippen LogP contribution in [0.15, 0.2) is 24.3 Å². The summed E-state index contributed by atoms with van der Waals surface area (Å²) in [6.07, 6.45) is 2.91. The lowest BCUT2D eigenvalue weighted by Gasteiger charge is -2.36. The fraction of sp³-hybridized carbons (Fsp3) is 0.500. The van der Waals surface area contributed by atoms with Crippen LogP contribution in [0.1, 0.15) is 24.8 Å². The molecular formula is C16H19NO4. The molecule has 5 heteroatoms. The Hall–Kier alpha value is -2.04. The van der Waals surface area contributed by atoms with Gasteiger partial charge in [0, 0.05) is 6.54 Å². The molecule has 2 aliphatic rings. The molecule has 3 rings (SSSR count). The Labute approximate surface area is 123 Å². The molecule has 21 heavy (non-hydrogen) atoms. The average Bonchev–Trinajstić information content (AvgIpc) is 2.53. The molecular weight excluding hydrogens is 270 g/mol. The third-order valence-electron chi connectivity index (χ3n) is 4.30. The number of ether oxygens (including phenoxy) is 1. The molecule has 1 fully saturated rings. The summed E-state index contributed by atoms with van der Waals surface area (Å²) >= 11 is 0. The number of likely N-dealkylation sites (tertiary alicyclic amines) is 1. The predicted molar refractivity (Wildman–Crippen MR) is 76.1 cm³/mol. The van der Waals surface area contributed by atoms with Crippen molar-refractivity contribution in [3.05, 3.63) is 29.8 Å². The van der Waals surface area contributed by atoms with Gasteiger partial charge in [-0.15, -0.1) is 0 Å². The first-order valence-electron chi connectivity index (χ1n) is 7.41. The summed E-state index contributed by atoms with van der Waals surface area (Å²) in [5, 5.41) is 9.29. The van der Waals surface area contributed by atoms with Crippen LogP contribution in [0.2, 0.25) is 0 Å². The number of carboxylic acid groups (broad SMARTS) is 1. The van der Waals surface area contributed by atoms with Gasteiger partial charge in [0.2, 0.25) is 5.91 Å². The zero-order chi connectivity index (χ0) is 14.8. The number of carbonyl (C=O) groups excluding carboxylic acids is 1. The minimum absolute atomic E-state index is 0.0865. The minimum Gasteiger partial charge on any atom is -0.492 e. The van der Waals surface area contributed by atoms with Gasteiger partial charge in [-0.2, -0.15) is 0 Å². The molecule has 2 aliphatic heterocycles. The van der Waals surface area contributed by atoms with Crippen molar-refractivity contribution in [2.75, 3.05) is 13.2 Å². The molecule has 5 nitrogen and oxygen atoms in total. The monoisotopic (exact) mass is 289 g/mol. The van der Waals surface area contributed by atoms with Crippen LogP contribution < -0.4 is 4.74 Å². The average molecular weight is 289 g/mol. The van der Waals surface area contributed by atoms with Crippen molar-refractivity contribution in [1.82, 2.24) is 4.90 Å². The fourth-order valence-corrected chi connectivity index (χ4v) is 3.17. The number of nitrogens with zero attached hydrogens (tertiary/aromatic N) is 1. The number of aliphatic carboxylic acids is 1. The van der Waals surface area contributed by atoms with Gasteiger partial charge >= 0.3 is 5.97 Å². The van der Waals surface area contributed by atoms with Gasteiger partial charge in [0.15, 0.2) is 0 Å². The lowest BCUT2D eigenvalue weighted by Crippen LogP contribution is -2.51. The number of carbonyl (C=O) groups is 2. The molecule has 0 saturated carbocycles. The number of rotatable bonds is 2. The SMILES string of the molecule is O=C(O)[C@H]1CCCCN1C(=O)C1COc2ccccc2C1. The van der Waals surface area contributed by atoms with Crippen molar-refractivity contribution in [2.24, 2.45) is 5.92 Å². The van der Waals surface area contributed by atoms with Gasteiger partial charge in [0.05, 0.1) is 5.92 Å². The van der Waals surface area contributed by atoms with Gasteiger partial charge in [-0.3, -0.25) is 4.79 Å². The van der Waals surface area contributed by atoms with Crippen LogP contribution in [-0.2, 0) is 16.0 Å². The second-order valence-corrected chi connectivity index (χ2v) is 5.70. The van der Waals surface area contributed by atoms with E-state index in [1.165, 1.54) is 4.90 Å². The lowest BCUT2D eigenvalue weighted by molar-refractivity contribution is -0.154. The number of hydrogen-bond donors (Lipinski definition) is 1. The van der Waals surface area contributed by atoms with Gasteiger partial charge in [-0.1, -0.05) is 18.2 Å². The second kappa shape index (κ2) is 5.76. The summed E-state index contributed by atoms with van der Waals surface area (Å²) in [5.41, 5.74) is 1.02. The van der Waals surface area contributed by atoms with Crippen molar-refractivity contribution in [1.29, 1.82) is 0 Å². The zero-order valence-electron chi connectivity index (χ0n) is 11.8. The van der Waals surface area contributed by atoms with Crippen molar-refractivity contribution in [3.63, 3.8) is 0 Å². The Morgan fingerprint density at radius 3 is 2.86 bits per heavy atom. The molecule has 0 radical (unpaired) electrons. The van der Waals surface area contributed by atoms with E-state index >= 15 is 0 Å². The number of fused-ring (bicyclic) bond motifs is 1. The van der Waals surface area contributed by atoms with Crippen LogP contribution >= 0.6 is 0 Å². The first kappa shape index (κ1) is 13.9. The van der Waals surface area contributed by atoms with E-state index in [-0.39, 0.29) is 11.8 Å². The molecule has 0 spiro atoms. The molecule has 2 heterocycles. The van der Waals surface area contributed by atoms with Crippen molar-refractivity contribution >= 4 is 11.9 Å². The Kier molecular flexibility index (Phi) is 3.82. The Bertz CT molecular complexity index is 557. The second-order valence-electron chi connectivity index (χ2n) is 5.70. The van der Waals surface area contributed by atoms with Gasteiger partial charge in [-0.05, 0) is 37.3 Å². The molecule has 112 valence electrons. The smallest absolute Gasteiger partial charge is 0.326 e. The Morgan fingerprint density at radius 2 is 2.05 bits per heavy atom. The summed E-state index contributed by atoms with van der Waals surface area (Å²) < 4.78 is 5.65. The maximum Gasteiger partial charge on any atom is 0.326 e. The van der Waals surface area contributed by atoms with Crippen LogP contribution in [-0.4, -0.2) is 41.1 Å². The minimum atomic E-state index is -0.903. The zero-order valence-corrected chi connectivity index (χ0v) is 11.8. The standard InChI is InChI=1S/C16H19NO4/c18-15(17-8-4-3-6-13(17)16(19)20)12-9-11-5-1-2-7-14(11)21-10-12/h1-2,5,7,12-13H,3-4,6,8-10H2,(H,19,20)/t12?,13-/m1/s1. The maximum absolute atomic E-state index is 12.7. The molecule has 0 aromatic heterocycles.